The van der Waals surface area contributed by atoms with Crippen molar-refractivity contribution in [2.24, 2.45) is 0 Å². The first kappa shape index (κ1) is 21.1. The fourth-order valence-electron chi connectivity index (χ4n) is 3.30. The Hall–Kier alpha value is -4.14. The van der Waals surface area contributed by atoms with Crippen molar-refractivity contribution < 1.29 is 18.1 Å². The fourth-order valence-corrected chi connectivity index (χ4v) is 3.30. The summed E-state index contributed by atoms with van der Waals surface area (Å²) >= 11 is 0. The van der Waals surface area contributed by atoms with Gasteiger partial charge in [0.2, 0.25) is 11.7 Å². The molecule has 162 valence electrons. The van der Waals surface area contributed by atoms with Crippen LogP contribution in [0.4, 0.5) is 14.5 Å². The van der Waals surface area contributed by atoms with E-state index in [4.69, 9.17) is 4.52 Å². The first-order chi connectivity index (χ1) is 15.3. The molecule has 0 bridgehead atoms. The van der Waals surface area contributed by atoms with Gasteiger partial charge in [0.1, 0.15) is 23.7 Å². The number of anilines is 1. The van der Waals surface area contributed by atoms with Gasteiger partial charge in [-0.1, -0.05) is 5.16 Å². The number of benzene rings is 2. The van der Waals surface area contributed by atoms with Crippen LogP contribution in [0.5, 0.6) is 0 Å². The van der Waals surface area contributed by atoms with E-state index in [1.807, 2.05) is 0 Å². The standard InChI is InChI=1S/C23H18F2N4O3/c1-13-11-14(2)29(12-19(30)26-18-9-7-17(25)8-10-18)23(31)20(13)22-27-21(28-32-22)15-3-5-16(24)6-4-15/h3-11H,12H2,1-2H3,(H,26,30). The van der Waals surface area contributed by atoms with Crippen molar-refractivity contribution in [3.05, 3.63) is 87.8 Å². The van der Waals surface area contributed by atoms with Crippen LogP contribution in [-0.4, -0.2) is 20.6 Å². The molecule has 0 aliphatic carbocycles. The van der Waals surface area contributed by atoms with E-state index in [9.17, 15) is 18.4 Å². The zero-order valence-electron chi connectivity index (χ0n) is 17.2. The van der Waals surface area contributed by atoms with Gasteiger partial charge in [-0.25, -0.2) is 8.78 Å². The van der Waals surface area contributed by atoms with Crippen molar-refractivity contribution in [2.75, 3.05) is 5.32 Å². The molecule has 2 aromatic heterocycles. The summed E-state index contributed by atoms with van der Waals surface area (Å²) in [5.74, 6) is -1.06. The van der Waals surface area contributed by atoms with Crippen molar-refractivity contribution in [3.63, 3.8) is 0 Å². The van der Waals surface area contributed by atoms with Gasteiger partial charge in [-0.05, 0) is 74.0 Å². The number of aryl methyl sites for hydroxylation is 2. The lowest BCUT2D eigenvalue weighted by Crippen LogP contribution is -2.30. The molecule has 4 aromatic rings. The van der Waals surface area contributed by atoms with Crippen molar-refractivity contribution in [1.29, 1.82) is 0 Å². The zero-order valence-corrected chi connectivity index (χ0v) is 17.2. The highest BCUT2D eigenvalue weighted by Crippen LogP contribution is 2.23. The molecular formula is C23H18F2N4O3. The molecule has 0 spiro atoms. The van der Waals surface area contributed by atoms with Gasteiger partial charge < -0.3 is 14.4 Å². The molecule has 1 amide bonds. The second kappa shape index (κ2) is 8.54. The molecule has 0 atom stereocenters. The lowest BCUT2D eigenvalue weighted by molar-refractivity contribution is -0.116. The molecule has 2 aromatic carbocycles. The molecular weight excluding hydrogens is 418 g/mol. The van der Waals surface area contributed by atoms with Crippen LogP contribution in [0.25, 0.3) is 22.8 Å². The van der Waals surface area contributed by atoms with Crippen molar-refractivity contribution >= 4 is 11.6 Å². The number of carbonyl (C=O) groups is 1. The van der Waals surface area contributed by atoms with Crippen LogP contribution in [0.3, 0.4) is 0 Å². The maximum Gasteiger partial charge on any atom is 0.264 e. The third-order valence-corrected chi connectivity index (χ3v) is 4.88. The van der Waals surface area contributed by atoms with E-state index in [1.54, 1.807) is 19.9 Å². The van der Waals surface area contributed by atoms with Gasteiger partial charge in [0.05, 0.1) is 0 Å². The van der Waals surface area contributed by atoms with Crippen LogP contribution in [0.1, 0.15) is 11.3 Å². The quantitative estimate of drug-likeness (QED) is 0.509. The predicted molar refractivity (Wildman–Crippen MR) is 114 cm³/mol. The normalized spacial score (nSPS) is 10.9. The summed E-state index contributed by atoms with van der Waals surface area (Å²) in [5.41, 5.74) is 1.83. The first-order valence-electron chi connectivity index (χ1n) is 9.68. The van der Waals surface area contributed by atoms with Crippen LogP contribution < -0.4 is 10.9 Å². The van der Waals surface area contributed by atoms with Gasteiger partial charge in [-0.3, -0.25) is 9.59 Å². The third kappa shape index (κ3) is 4.31. The van der Waals surface area contributed by atoms with E-state index < -0.39 is 23.1 Å². The van der Waals surface area contributed by atoms with Gasteiger partial charge >= 0.3 is 0 Å². The summed E-state index contributed by atoms with van der Waals surface area (Å²) in [7, 11) is 0. The highest BCUT2D eigenvalue weighted by Gasteiger charge is 2.20. The Bertz CT molecular complexity index is 1340. The highest BCUT2D eigenvalue weighted by molar-refractivity contribution is 5.90. The van der Waals surface area contributed by atoms with Gasteiger partial charge in [0.25, 0.3) is 11.4 Å². The minimum absolute atomic E-state index is 0.000447. The third-order valence-electron chi connectivity index (χ3n) is 4.88. The van der Waals surface area contributed by atoms with Gasteiger partial charge in [0.15, 0.2) is 0 Å². The number of hydrogen-bond acceptors (Lipinski definition) is 5. The first-order valence-corrected chi connectivity index (χ1v) is 9.68. The van der Waals surface area contributed by atoms with E-state index in [0.29, 0.717) is 22.5 Å². The molecule has 0 saturated carbocycles. The lowest BCUT2D eigenvalue weighted by Gasteiger charge is -2.13. The van der Waals surface area contributed by atoms with Gasteiger partial charge in [-0.2, -0.15) is 4.98 Å². The van der Waals surface area contributed by atoms with E-state index in [1.165, 1.54) is 53.1 Å². The monoisotopic (exact) mass is 436 g/mol. The molecule has 32 heavy (non-hydrogen) atoms. The zero-order chi connectivity index (χ0) is 22.8. The minimum atomic E-state index is -0.467. The molecule has 0 radical (unpaired) electrons. The molecule has 0 aliphatic heterocycles. The van der Waals surface area contributed by atoms with E-state index in [2.05, 4.69) is 15.5 Å². The SMILES string of the molecule is Cc1cc(C)n(CC(=O)Nc2ccc(F)cc2)c(=O)c1-c1nc(-c2ccc(F)cc2)no1. The van der Waals surface area contributed by atoms with E-state index in [-0.39, 0.29) is 23.8 Å². The molecule has 1 N–H and O–H groups in total. The summed E-state index contributed by atoms with van der Waals surface area (Å²) in [5, 5.41) is 6.51. The average molecular weight is 436 g/mol. The number of carbonyl (C=O) groups excluding carboxylic acids is 1. The van der Waals surface area contributed by atoms with Crippen LogP contribution in [0.15, 0.2) is 63.9 Å². The van der Waals surface area contributed by atoms with Gasteiger partial charge in [0, 0.05) is 16.9 Å². The maximum absolute atomic E-state index is 13.2. The summed E-state index contributed by atoms with van der Waals surface area (Å²) in [4.78, 5) is 29.9. The number of halogens is 2. The number of pyridine rings is 1. The largest absolute Gasteiger partial charge is 0.333 e. The maximum atomic E-state index is 13.2. The van der Waals surface area contributed by atoms with Gasteiger partial charge in [-0.15, -0.1) is 0 Å². The van der Waals surface area contributed by atoms with Crippen molar-refractivity contribution in [2.45, 2.75) is 20.4 Å². The van der Waals surface area contributed by atoms with Crippen molar-refractivity contribution in [1.82, 2.24) is 14.7 Å². The summed E-state index contributed by atoms with van der Waals surface area (Å²) < 4.78 is 32.8. The molecule has 9 heteroatoms. The Kier molecular flexibility index (Phi) is 5.63. The number of hydrogen-bond donors (Lipinski definition) is 1. The number of nitrogens with zero attached hydrogens (tertiary/aromatic N) is 3. The molecule has 0 fully saturated rings. The molecule has 0 unspecified atom stereocenters. The molecule has 0 aliphatic rings. The molecule has 0 saturated heterocycles. The number of rotatable bonds is 5. The Morgan fingerprint density at radius 2 is 1.66 bits per heavy atom. The number of amides is 1. The smallest absolute Gasteiger partial charge is 0.264 e. The van der Waals surface area contributed by atoms with Crippen LogP contribution in [0.2, 0.25) is 0 Å². The van der Waals surface area contributed by atoms with Crippen LogP contribution in [-0.2, 0) is 11.3 Å². The lowest BCUT2D eigenvalue weighted by atomic mass is 10.1. The summed E-state index contributed by atoms with van der Waals surface area (Å²) in [6.45, 7) is 3.18. The fraction of sp³-hybridized carbons (Fsp3) is 0.130. The Labute approximate surface area is 181 Å². The molecule has 2 heterocycles. The number of nitrogens with one attached hydrogen (secondary N) is 1. The highest BCUT2D eigenvalue weighted by atomic mass is 19.1. The topological polar surface area (TPSA) is 90.0 Å². The van der Waals surface area contributed by atoms with E-state index in [0.717, 1.165) is 0 Å². The summed E-state index contributed by atoms with van der Waals surface area (Å²) in [6.07, 6.45) is 0. The van der Waals surface area contributed by atoms with E-state index >= 15 is 0 Å². The van der Waals surface area contributed by atoms with Crippen molar-refractivity contribution in [3.8, 4) is 22.8 Å². The Balaban J connectivity index is 1.64. The Morgan fingerprint density at radius 1 is 1.03 bits per heavy atom. The Morgan fingerprint density at radius 3 is 2.31 bits per heavy atom. The second-order valence-corrected chi connectivity index (χ2v) is 7.22. The average Bonchev–Trinajstić information content (AvgIpc) is 3.23. The minimum Gasteiger partial charge on any atom is -0.333 e. The molecule has 4 rings (SSSR count). The van der Waals surface area contributed by atoms with Crippen LogP contribution >= 0.6 is 0 Å². The predicted octanol–water partition coefficient (Wildman–Crippen LogP) is 4.10. The summed E-state index contributed by atoms with van der Waals surface area (Å²) in [6, 6.07) is 12.6. The second-order valence-electron chi connectivity index (χ2n) is 7.22. The number of aromatic nitrogens is 3. The van der Waals surface area contributed by atoms with Crippen LogP contribution in [0, 0.1) is 25.5 Å². The molecule has 7 nitrogen and oxygen atoms in total.